The van der Waals surface area contributed by atoms with E-state index >= 15 is 0 Å². The highest BCUT2D eigenvalue weighted by molar-refractivity contribution is 7.99. The number of halogens is 1. The van der Waals surface area contributed by atoms with Gasteiger partial charge >= 0.3 is 5.16 Å². The van der Waals surface area contributed by atoms with Crippen molar-refractivity contribution in [1.82, 2.24) is 15.6 Å². The fraction of sp³-hybridized carbons (Fsp3) is 0.120. The first kappa shape index (κ1) is 24.3. The summed E-state index contributed by atoms with van der Waals surface area (Å²) >= 11 is 7.33. The molecule has 1 amide bonds. The Balaban J connectivity index is 1.49. The van der Waals surface area contributed by atoms with E-state index in [0.29, 0.717) is 15.7 Å². The second-order valence-corrected chi connectivity index (χ2v) is 8.90. The fourth-order valence-electron chi connectivity index (χ4n) is 3.23. The van der Waals surface area contributed by atoms with Crippen molar-refractivity contribution in [2.45, 2.75) is 12.1 Å². The van der Waals surface area contributed by atoms with E-state index in [2.05, 4.69) is 20.7 Å². The van der Waals surface area contributed by atoms with Crippen LogP contribution in [0.1, 0.15) is 11.1 Å². The SMILES string of the molecule is COc1cc(C=NNC(=O)CSc2n[nH]c(-c3ccc(Cl)cc3)[n+]2-c2ccc(C)cc2)ccc1[O-]. The highest BCUT2D eigenvalue weighted by Gasteiger charge is 2.24. The van der Waals surface area contributed by atoms with Crippen LogP contribution in [-0.2, 0) is 4.79 Å². The molecule has 2 N–H and O–H groups in total. The molecule has 0 unspecified atom stereocenters. The number of thioether (sulfide) groups is 1. The van der Waals surface area contributed by atoms with Crippen LogP contribution in [0.3, 0.4) is 0 Å². The Morgan fingerprint density at radius 2 is 1.94 bits per heavy atom. The standard InChI is InChI=1S/C25H22ClN5O3S/c1-16-3-10-20(11-4-16)31-24(18-6-8-19(26)9-7-18)29-30-25(31)35-15-23(33)28-27-14-17-5-12-21(32)22(13-17)34-2/h3-14H,15H2,1-2H3,(H2,27,28,32,33). The Bertz CT molecular complexity index is 1350. The van der Waals surface area contributed by atoms with Gasteiger partial charge in [0.15, 0.2) is 0 Å². The zero-order chi connectivity index (χ0) is 24.8. The van der Waals surface area contributed by atoms with Gasteiger partial charge in [-0.2, -0.15) is 9.67 Å². The predicted molar refractivity (Wildman–Crippen MR) is 134 cm³/mol. The first-order valence-corrected chi connectivity index (χ1v) is 11.9. The number of aromatic nitrogens is 3. The van der Waals surface area contributed by atoms with Crippen molar-refractivity contribution in [3.8, 4) is 28.6 Å². The number of carbonyl (C=O) groups is 1. The zero-order valence-corrected chi connectivity index (χ0v) is 20.6. The number of nitrogens with one attached hydrogen (secondary N) is 2. The molecule has 0 spiro atoms. The lowest BCUT2D eigenvalue weighted by Crippen LogP contribution is -2.34. The molecule has 35 heavy (non-hydrogen) atoms. The minimum Gasteiger partial charge on any atom is -0.870 e. The highest BCUT2D eigenvalue weighted by atomic mass is 35.5. The van der Waals surface area contributed by atoms with Crippen LogP contribution in [0.25, 0.3) is 17.1 Å². The van der Waals surface area contributed by atoms with E-state index in [4.69, 9.17) is 16.3 Å². The maximum absolute atomic E-state index is 12.4. The molecular formula is C25H22ClN5O3S. The lowest BCUT2D eigenvalue weighted by atomic mass is 10.2. The Hall–Kier alpha value is -3.82. The number of H-pyrrole nitrogens is 1. The highest BCUT2D eigenvalue weighted by Crippen LogP contribution is 2.23. The average molecular weight is 508 g/mol. The number of methoxy groups -OCH3 is 1. The summed E-state index contributed by atoms with van der Waals surface area (Å²) in [5.74, 6) is 0.555. The molecule has 0 aliphatic carbocycles. The molecule has 10 heteroatoms. The van der Waals surface area contributed by atoms with Gasteiger partial charge in [-0.05, 0) is 66.7 Å². The smallest absolute Gasteiger partial charge is 0.342 e. The van der Waals surface area contributed by atoms with Crippen LogP contribution in [-0.4, -0.2) is 35.2 Å². The normalized spacial score (nSPS) is 11.1. The van der Waals surface area contributed by atoms with Gasteiger partial charge in [-0.3, -0.25) is 4.79 Å². The minimum atomic E-state index is -0.301. The van der Waals surface area contributed by atoms with E-state index in [0.717, 1.165) is 22.6 Å². The van der Waals surface area contributed by atoms with Gasteiger partial charge in [0.25, 0.3) is 11.7 Å². The summed E-state index contributed by atoms with van der Waals surface area (Å²) < 4.78 is 6.97. The number of nitrogens with zero attached hydrogens (tertiary/aromatic N) is 3. The van der Waals surface area contributed by atoms with Crippen molar-refractivity contribution >= 4 is 35.5 Å². The third-order valence-electron chi connectivity index (χ3n) is 5.01. The van der Waals surface area contributed by atoms with E-state index in [1.165, 1.54) is 31.2 Å². The summed E-state index contributed by atoms with van der Waals surface area (Å²) in [5.41, 5.74) is 6.08. The summed E-state index contributed by atoms with van der Waals surface area (Å²) in [7, 11) is 1.42. The number of aryl methyl sites for hydroxylation is 1. The summed E-state index contributed by atoms with van der Waals surface area (Å²) in [6, 6.07) is 20.0. The van der Waals surface area contributed by atoms with Gasteiger partial charge in [0, 0.05) is 5.02 Å². The van der Waals surface area contributed by atoms with Gasteiger partial charge in [-0.1, -0.05) is 47.2 Å². The molecule has 0 atom stereocenters. The van der Waals surface area contributed by atoms with E-state index in [9.17, 15) is 9.90 Å². The third-order valence-corrected chi connectivity index (χ3v) is 6.20. The largest absolute Gasteiger partial charge is 0.870 e. The number of hydrazone groups is 1. The number of amides is 1. The Kier molecular flexibility index (Phi) is 7.69. The summed E-state index contributed by atoms with van der Waals surface area (Å²) in [6.07, 6.45) is 1.45. The molecule has 8 nitrogen and oxygen atoms in total. The van der Waals surface area contributed by atoms with Crippen molar-refractivity contribution in [2.75, 3.05) is 12.9 Å². The Morgan fingerprint density at radius 1 is 1.20 bits per heavy atom. The van der Waals surface area contributed by atoms with Crippen molar-refractivity contribution in [3.05, 3.63) is 82.9 Å². The van der Waals surface area contributed by atoms with E-state index in [1.807, 2.05) is 60.0 Å². The number of rotatable bonds is 8. The molecule has 4 rings (SSSR count). The summed E-state index contributed by atoms with van der Waals surface area (Å²) in [6.45, 7) is 2.02. The van der Waals surface area contributed by atoms with Gasteiger partial charge in [-0.15, -0.1) is 5.10 Å². The monoisotopic (exact) mass is 507 g/mol. The molecule has 0 aliphatic rings. The number of aromatic amines is 1. The quantitative estimate of drug-likeness (QED) is 0.164. The number of ether oxygens (including phenoxy) is 1. The van der Waals surface area contributed by atoms with Crippen LogP contribution >= 0.6 is 23.4 Å². The molecule has 0 radical (unpaired) electrons. The Labute approximate surface area is 211 Å². The summed E-state index contributed by atoms with van der Waals surface area (Å²) in [4.78, 5) is 12.4. The van der Waals surface area contributed by atoms with E-state index < -0.39 is 0 Å². The molecule has 0 saturated heterocycles. The van der Waals surface area contributed by atoms with Crippen molar-refractivity contribution in [3.63, 3.8) is 0 Å². The number of carbonyl (C=O) groups excluding carboxylic acids is 1. The molecule has 0 bridgehead atoms. The Morgan fingerprint density at radius 3 is 2.66 bits per heavy atom. The van der Waals surface area contributed by atoms with Crippen LogP contribution in [0.15, 0.2) is 77.0 Å². The molecule has 1 heterocycles. The second-order valence-electron chi connectivity index (χ2n) is 7.52. The fourth-order valence-corrected chi connectivity index (χ4v) is 4.12. The van der Waals surface area contributed by atoms with Gasteiger partial charge in [0.2, 0.25) is 0 Å². The molecular weight excluding hydrogens is 486 g/mol. The predicted octanol–water partition coefficient (Wildman–Crippen LogP) is 3.64. The molecule has 178 valence electrons. The minimum absolute atomic E-state index is 0.0942. The van der Waals surface area contributed by atoms with Crippen molar-refractivity contribution in [2.24, 2.45) is 5.10 Å². The first-order chi connectivity index (χ1) is 16.9. The number of hydrogen-bond donors (Lipinski definition) is 2. The van der Waals surface area contributed by atoms with Crippen molar-refractivity contribution < 1.29 is 19.2 Å². The second kappa shape index (κ2) is 11.1. The van der Waals surface area contributed by atoms with E-state index in [-0.39, 0.29) is 23.2 Å². The van der Waals surface area contributed by atoms with E-state index in [1.54, 1.807) is 12.1 Å². The zero-order valence-electron chi connectivity index (χ0n) is 19.0. The molecule has 4 aromatic rings. The molecule has 3 aromatic carbocycles. The molecule has 0 saturated carbocycles. The lowest BCUT2D eigenvalue weighted by molar-refractivity contribution is -0.625. The maximum atomic E-state index is 12.4. The van der Waals surface area contributed by atoms with Gasteiger partial charge in [-0.25, -0.2) is 5.43 Å². The van der Waals surface area contributed by atoms with Crippen LogP contribution in [0.5, 0.6) is 11.5 Å². The molecule has 0 aliphatic heterocycles. The first-order valence-electron chi connectivity index (χ1n) is 10.6. The maximum Gasteiger partial charge on any atom is 0.342 e. The van der Waals surface area contributed by atoms with Crippen LogP contribution in [0, 0.1) is 6.92 Å². The molecule has 1 aromatic heterocycles. The average Bonchev–Trinajstić information content (AvgIpc) is 3.28. The van der Waals surface area contributed by atoms with Crippen LogP contribution < -0.4 is 19.8 Å². The van der Waals surface area contributed by atoms with Gasteiger partial charge in [0.05, 0.1) is 29.7 Å². The summed E-state index contributed by atoms with van der Waals surface area (Å²) in [5, 5.41) is 24.4. The topological polar surface area (TPSA) is 106 Å². The van der Waals surface area contributed by atoms with Crippen LogP contribution in [0.4, 0.5) is 0 Å². The number of hydrogen-bond acceptors (Lipinski definition) is 6. The third kappa shape index (κ3) is 6.00. The van der Waals surface area contributed by atoms with Crippen LogP contribution in [0.2, 0.25) is 5.02 Å². The van der Waals surface area contributed by atoms with Gasteiger partial charge in [0.1, 0.15) is 11.4 Å². The number of benzene rings is 3. The lowest BCUT2D eigenvalue weighted by Gasteiger charge is -2.11. The van der Waals surface area contributed by atoms with Gasteiger partial charge < -0.3 is 9.84 Å². The van der Waals surface area contributed by atoms with Crippen molar-refractivity contribution in [1.29, 1.82) is 0 Å². The molecule has 0 fully saturated rings.